The Kier molecular flexibility index (Phi) is 4.06. The van der Waals surface area contributed by atoms with Crippen LogP contribution < -0.4 is 0 Å². The predicted molar refractivity (Wildman–Crippen MR) is 103 cm³/mol. The minimum atomic E-state index is -0.223. The molecule has 5 rings (SSSR count). The Bertz CT molecular complexity index is 834. The molecule has 2 fully saturated rings. The van der Waals surface area contributed by atoms with Crippen molar-refractivity contribution in [2.75, 3.05) is 14.2 Å². The van der Waals surface area contributed by atoms with Crippen molar-refractivity contribution in [1.82, 2.24) is 4.90 Å². The smallest absolute Gasteiger partial charge is 0.312 e. The van der Waals surface area contributed by atoms with Crippen LogP contribution >= 0.6 is 0 Å². The van der Waals surface area contributed by atoms with Crippen molar-refractivity contribution < 1.29 is 14.3 Å². The number of rotatable bonds is 3. The number of fused-ring (bicyclic) bond motifs is 5. The van der Waals surface area contributed by atoms with Crippen LogP contribution in [-0.4, -0.2) is 43.2 Å². The lowest BCUT2D eigenvalue weighted by Crippen LogP contribution is -2.53. The highest BCUT2D eigenvalue weighted by atomic mass is 16.5. The van der Waals surface area contributed by atoms with Crippen LogP contribution in [0.25, 0.3) is 11.1 Å². The molecule has 3 aliphatic rings. The minimum absolute atomic E-state index is 0.114. The lowest BCUT2D eigenvalue weighted by atomic mass is 9.87. The summed E-state index contributed by atoms with van der Waals surface area (Å²) in [4.78, 5) is 15.0. The second-order valence-electron chi connectivity index (χ2n) is 7.98. The third kappa shape index (κ3) is 2.54. The number of hydrogen-bond donors (Lipinski definition) is 0. The Hall–Kier alpha value is -2.17. The van der Waals surface area contributed by atoms with Gasteiger partial charge in [-0.1, -0.05) is 48.5 Å². The minimum Gasteiger partial charge on any atom is -0.469 e. The highest BCUT2D eigenvalue weighted by Crippen LogP contribution is 2.48. The Morgan fingerprint density at radius 3 is 2.26 bits per heavy atom. The molecule has 2 aromatic carbocycles. The van der Waals surface area contributed by atoms with Gasteiger partial charge < -0.3 is 9.47 Å². The molecule has 4 atom stereocenters. The Labute approximate surface area is 160 Å². The third-order valence-corrected chi connectivity index (χ3v) is 6.78. The molecule has 0 aromatic heterocycles. The van der Waals surface area contributed by atoms with Crippen LogP contribution in [0.2, 0.25) is 0 Å². The summed E-state index contributed by atoms with van der Waals surface area (Å²) in [5.41, 5.74) is 4.88. The van der Waals surface area contributed by atoms with Crippen LogP contribution in [0.4, 0.5) is 0 Å². The maximum Gasteiger partial charge on any atom is 0.312 e. The summed E-state index contributed by atoms with van der Waals surface area (Å²) in [6.45, 7) is 0. The first-order chi connectivity index (χ1) is 13.2. The van der Waals surface area contributed by atoms with E-state index in [4.69, 9.17) is 9.47 Å². The lowest BCUT2D eigenvalue weighted by molar-refractivity contribution is -0.161. The van der Waals surface area contributed by atoms with Crippen molar-refractivity contribution >= 4 is 5.97 Å². The van der Waals surface area contributed by atoms with E-state index in [1.54, 1.807) is 0 Å². The van der Waals surface area contributed by atoms with Gasteiger partial charge in [0, 0.05) is 12.1 Å². The fourth-order valence-corrected chi connectivity index (χ4v) is 5.44. The van der Waals surface area contributed by atoms with Crippen molar-refractivity contribution in [3.05, 3.63) is 59.7 Å². The van der Waals surface area contributed by atoms with Gasteiger partial charge in [-0.15, -0.1) is 0 Å². The predicted octanol–water partition coefficient (Wildman–Crippen LogP) is 3.80. The second kappa shape index (κ2) is 6.47. The second-order valence-corrected chi connectivity index (χ2v) is 7.98. The normalized spacial score (nSPS) is 29.4. The molecular formula is C23H25NO3. The monoisotopic (exact) mass is 363 g/mol. The van der Waals surface area contributed by atoms with Crippen LogP contribution in [0.5, 0.6) is 0 Å². The first kappa shape index (κ1) is 17.0. The van der Waals surface area contributed by atoms with Gasteiger partial charge in [-0.3, -0.25) is 9.69 Å². The number of ether oxygens (including phenoxy) is 2. The largest absolute Gasteiger partial charge is 0.469 e. The van der Waals surface area contributed by atoms with Crippen LogP contribution in [0, 0.1) is 5.92 Å². The van der Waals surface area contributed by atoms with Crippen LogP contribution in [0.3, 0.4) is 0 Å². The molecule has 0 N–H and O–H groups in total. The molecule has 2 bridgehead atoms. The maximum atomic E-state index is 12.6. The molecule has 27 heavy (non-hydrogen) atoms. The summed E-state index contributed by atoms with van der Waals surface area (Å²) in [6, 6.07) is 17.6. The van der Waals surface area contributed by atoms with E-state index in [0.29, 0.717) is 6.04 Å². The van der Waals surface area contributed by atoms with Gasteiger partial charge in [-0.25, -0.2) is 0 Å². The third-order valence-electron chi connectivity index (χ3n) is 6.78. The van der Waals surface area contributed by atoms with E-state index in [2.05, 4.69) is 60.5 Å². The van der Waals surface area contributed by atoms with Crippen molar-refractivity contribution in [3.63, 3.8) is 0 Å². The van der Waals surface area contributed by atoms with Crippen LogP contribution in [-0.2, 0) is 14.3 Å². The fourth-order valence-electron chi connectivity index (χ4n) is 5.44. The zero-order valence-corrected chi connectivity index (χ0v) is 15.8. The van der Waals surface area contributed by atoms with Gasteiger partial charge in [-0.2, -0.15) is 0 Å². The summed E-state index contributed by atoms with van der Waals surface area (Å²) in [5.74, 6) is -0.365. The van der Waals surface area contributed by atoms with E-state index in [0.717, 1.165) is 19.3 Å². The molecular weight excluding hydrogens is 338 g/mol. The highest BCUT2D eigenvalue weighted by Gasteiger charge is 2.51. The number of methoxy groups -OCH3 is 1. The molecule has 4 heteroatoms. The standard InChI is InChI=1S/C23H25NO3/c1-24-14-11-12-19(24)21(23(25)26-2)20(13-14)27-22-17-9-5-3-7-15(17)16-8-4-6-10-18(16)22/h3-10,14,19-22H,11-13H2,1-2H3/t14?,19-,20+,21+/m0/s1. The number of esters is 1. The average Bonchev–Trinajstić information content (AvgIpc) is 3.13. The molecule has 0 spiro atoms. The molecule has 2 aliphatic heterocycles. The molecule has 4 nitrogen and oxygen atoms in total. The summed E-state index contributed by atoms with van der Waals surface area (Å²) in [7, 11) is 3.62. The van der Waals surface area contributed by atoms with E-state index in [9.17, 15) is 4.79 Å². The molecule has 0 amide bonds. The van der Waals surface area contributed by atoms with Gasteiger partial charge in [0.15, 0.2) is 0 Å². The first-order valence-corrected chi connectivity index (χ1v) is 9.82. The highest BCUT2D eigenvalue weighted by molar-refractivity contribution is 5.78. The van der Waals surface area contributed by atoms with E-state index >= 15 is 0 Å². The molecule has 2 heterocycles. The van der Waals surface area contributed by atoms with Crippen molar-refractivity contribution in [3.8, 4) is 11.1 Å². The van der Waals surface area contributed by atoms with Crippen LogP contribution in [0.1, 0.15) is 36.5 Å². The molecule has 140 valence electrons. The maximum absolute atomic E-state index is 12.6. The number of piperidine rings is 1. The van der Waals surface area contributed by atoms with Gasteiger partial charge in [0.1, 0.15) is 6.10 Å². The summed E-state index contributed by atoms with van der Waals surface area (Å²) in [5, 5.41) is 0. The summed E-state index contributed by atoms with van der Waals surface area (Å²) < 4.78 is 11.9. The fraction of sp³-hybridized carbons (Fsp3) is 0.435. The van der Waals surface area contributed by atoms with Crippen molar-refractivity contribution in [2.45, 2.75) is 43.6 Å². The summed E-state index contributed by atoms with van der Waals surface area (Å²) in [6.07, 6.45) is 2.83. The number of hydrogen-bond acceptors (Lipinski definition) is 4. The number of benzene rings is 2. The van der Waals surface area contributed by atoms with Gasteiger partial charge in [0.25, 0.3) is 0 Å². The Morgan fingerprint density at radius 2 is 1.63 bits per heavy atom. The topological polar surface area (TPSA) is 38.8 Å². The summed E-state index contributed by atoms with van der Waals surface area (Å²) >= 11 is 0. The zero-order valence-electron chi connectivity index (χ0n) is 15.8. The molecule has 0 radical (unpaired) electrons. The lowest BCUT2D eigenvalue weighted by Gasteiger charge is -2.42. The quantitative estimate of drug-likeness (QED) is 0.778. The number of carbonyl (C=O) groups is 1. The molecule has 1 unspecified atom stereocenters. The average molecular weight is 363 g/mol. The zero-order chi connectivity index (χ0) is 18.5. The van der Waals surface area contributed by atoms with E-state index in [1.165, 1.54) is 29.4 Å². The Balaban J connectivity index is 1.52. The molecule has 2 aromatic rings. The van der Waals surface area contributed by atoms with Gasteiger partial charge >= 0.3 is 5.97 Å². The first-order valence-electron chi connectivity index (χ1n) is 9.82. The molecule has 0 saturated carbocycles. The van der Waals surface area contributed by atoms with Crippen molar-refractivity contribution in [1.29, 1.82) is 0 Å². The van der Waals surface area contributed by atoms with Gasteiger partial charge in [0.05, 0.1) is 19.1 Å². The van der Waals surface area contributed by atoms with Crippen LogP contribution in [0.15, 0.2) is 48.5 Å². The van der Waals surface area contributed by atoms with E-state index in [1.807, 2.05) is 0 Å². The van der Waals surface area contributed by atoms with E-state index in [-0.39, 0.29) is 30.1 Å². The van der Waals surface area contributed by atoms with Gasteiger partial charge in [-0.05, 0) is 48.6 Å². The van der Waals surface area contributed by atoms with Gasteiger partial charge in [0.2, 0.25) is 0 Å². The Morgan fingerprint density at radius 1 is 1.00 bits per heavy atom. The SMILES string of the molecule is COC(=O)[C@H]1[C@H](OC2c3ccccc3-c3ccccc32)CC2CC[C@@H]1N2C. The van der Waals surface area contributed by atoms with Crippen molar-refractivity contribution in [2.24, 2.45) is 5.92 Å². The molecule has 1 aliphatic carbocycles. The number of carbonyl (C=O) groups excluding carboxylic acids is 1. The molecule has 2 saturated heterocycles. The number of nitrogens with zero attached hydrogens (tertiary/aromatic N) is 1. The van der Waals surface area contributed by atoms with E-state index < -0.39 is 0 Å².